The summed E-state index contributed by atoms with van der Waals surface area (Å²) in [7, 11) is 0. The summed E-state index contributed by atoms with van der Waals surface area (Å²) >= 11 is 5.84. The number of rotatable bonds is 5. The Labute approximate surface area is 126 Å². The first-order valence-electron chi connectivity index (χ1n) is 6.32. The molecule has 3 nitrogen and oxygen atoms in total. The van der Waals surface area contributed by atoms with Gasteiger partial charge in [0.25, 0.3) is 0 Å². The maximum atomic E-state index is 13.9. The molecule has 21 heavy (non-hydrogen) atoms. The van der Waals surface area contributed by atoms with Crippen LogP contribution in [-0.2, 0) is 0 Å². The predicted molar refractivity (Wildman–Crippen MR) is 78.1 cm³/mol. The van der Waals surface area contributed by atoms with Crippen LogP contribution in [0.25, 0.3) is 0 Å². The number of nitrogens with two attached hydrogens (primary N) is 1. The van der Waals surface area contributed by atoms with Crippen molar-refractivity contribution in [3.05, 3.63) is 64.2 Å². The molecule has 0 amide bonds. The van der Waals surface area contributed by atoms with Gasteiger partial charge in [0.1, 0.15) is 12.4 Å². The number of halogens is 3. The number of hydrogen-bond acceptors (Lipinski definition) is 3. The van der Waals surface area contributed by atoms with E-state index in [0.717, 1.165) is 0 Å². The van der Waals surface area contributed by atoms with E-state index in [0.29, 0.717) is 10.8 Å². The van der Waals surface area contributed by atoms with E-state index in [1.54, 1.807) is 24.3 Å². The van der Waals surface area contributed by atoms with Crippen molar-refractivity contribution in [3.63, 3.8) is 0 Å². The highest BCUT2D eigenvalue weighted by Gasteiger charge is 2.19. The molecule has 0 saturated carbocycles. The van der Waals surface area contributed by atoms with Crippen LogP contribution < -0.4 is 16.0 Å². The zero-order valence-electron chi connectivity index (χ0n) is 11.4. The minimum absolute atomic E-state index is 0.0380. The van der Waals surface area contributed by atoms with Gasteiger partial charge >= 0.3 is 0 Å². The molecule has 0 aromatic heterocycles. The highest BCUT2D eigenvalue weighted by Crippen LogP contribution is 2.23. The van der Waals surface area contributed by atoms with E-state index in [-0.39, 0.29) is 17.7 Å². The highest BCUT2D eigenvalue weighted by atomic mass is 35.5. The topological polar surface area (TPSA) is 47.3 Å². The predicted octanol–water partition coefficient (Wildman–Crippen LogP) is 3.51. The Kier molecular flexibility index (Phi) is 5.12. The summed E-state index contributed by atoms with van der Waals surface area (Å²) in [6.45, 7) is 1.53. The summed E-state index contributed by atoms with van der Waals surface area (Å²) in [5, 5.41) is 0.525. The van der Waals surface area contributed by atoms with Gasteiger partial charge in [-0.15, -0.1) is 0 Å². The van der Waals surface area contributed by atoms with Crippen molar-refractivity contribution in [1.29, 1.82) is 0 Å². The van der Waals surface area contributed by atoms with Gasteiger partial charge in [-0.25, -0.2) is 14.2 Å². The summed E-state index contributed by atoms with van der Waals surface area (Å²) in [6, 6.07) is 9.08. The van der Waals surface area contributed by atoms with Gasteiger partial charge in [0, 0.05) is 10.6 Å². The highest BCUT2D eigenvalue weighted by molar-refractivity contribution is 6.30. The molecule has 0 aliphatic heterocycles. The molecule has 0 saturated heterocycles. The molecule has 0 heterocycles. The fourth-order valence-corrected chi connectivity index (χ4v) is 2.07. The van der Waals surface area contributed by atoms with Crippen LogP contribution in [0, 0.1) is 18.6 Å². The molecule has 1 unspecified atom stereocenters. The van der Waals surface area contributed by atoms with Crippen LogP contribution in [0.3, 0.4) is 0 Å². The Bertz CT molecular complexity index is 637. The van der Waals surface area contributed by atoms with Gasteiger partial charge in [-0.05, 0) is 30.7 Å². The van der Waals surface area contributed by atoms with E-state index in [4.69, 9.17) is 22.2 Å². The first-order valence-corrected chi connectivity index (χ1v) is 6.69. The van der Waals surface area contributed by atoms with Gasteiger partial charge in [0.05, 0.1) is 6.04 Å². The number of hydrogen-bond donors (Lipinski definition) is 2. The molecule has 3 N–H and O–H groups in total. The van der Waals surface area contributed by atoms with Gasteiger partial charge in [-0.1, -0.05) is 29.8 Å². The quantitative estimate of drug-likeness (QED) is 0.656. The number of aryl methyl sites for hydroxylation is 1. The monoisotopic (exact) mass is 312 g/mol. The lowest BCUT2D eigenvalue weighted by atomic mass is 10.0. The van der Waals surface area contributed by atoms with E-state index in [2.05, 4.69) is 5.43 Å². The minimum Gasteiger partial charge on any atom is -0.491 e. The second-order valence-corrected chi connectivity index (χ2v) is 5.02. The third-order valence-electron chi connectivity index (χ3n) is 3.09. The van der Waals surface area contributed by atoms with Crippen molar-refractivity contribution < 1.29 is 13.5 Å². The summed E-state index contributed by atoms with van der Waals surface area (Å²) in [5.41, 5.74) is 2.78. The average molecular weight is 313 g/mol. The van der Waals surface area contributed by atoms with E-state index in [1.807, 2.05) is 0 Å². The van der Waals surface area contributed by atoms with Gasteiger partial charge in [-0.2, -0.15) is 0 Å². The second-order valence-electron chi connectivity index (χ2n) is 4.59. The van der Waals surface area contributed by atoms with Crippen molar-refractivity contribution in [2.75, 3.05) is 6.61 Å². The Morgan fingerprint density at radius 1 is 1.24 bits per heavy atom. The van der Waals surface area contributed by atoms with Crippen molar-refractivity contribution in [3.8, 4) is 5.75 Å². The maximum Gasteiger partial charge on any atom is 0.164 e. The van der Waals surface area contributed by atoms with Crippen LogP contribution in [0.2, 0.25) is 5.02 Å². The van der Waals surface area contributed by atoms with Gasteiger partial charge in [0.2, 0.25) is 0 Å². The molecule has 112 valence electrons. The van der Waals surface area contributed by atoms with Gasteiger partial charge < -0.3 is 4.74 Å². The number of nitrogens with one attached hydrogen (secondary N) is 1. The zero-order valence-corrected chi connectivity index (χ0v) is 12.1. The van der Waals surface area contributed by atoms with Crippen LogP contribution in [0.1, 0.15) is 17.2 Å². The lowest BCUT2D eigenvalue weighted by molar-refractivity contribution is 0.263. The average Bonchev–Trinajstić information content (AvgIpc) is 2.47. The maximum absolute atomic E-state index is 13.9. The first-order chi connectivity index (χ1) is 10.0. The molecule has 0 radical (unpaired) electrons. The van der Waals surface area contributed by atoms with Crippen molar-refractivity contribution in [2.45, 2.75) is 13.0 Å². The summed E-state index contributed by atoms with van der Waals surface area (Å²) in [4.78, 5) is 0. The van der Waals surface area contributed by atoms with E-state index in [1.165, 1.54) is 19.1 Å². The summed E-state index contributed by atoms with van der Waals surface area (Å²) < 4.78 is 33.0. The second kappa shape index (κ2) is 6.85. The molecule has 6 heteroatoms. The molecule has 0 bridgehead atoms. The molecule has 2 aromatic rings. The van der Waals surface area contributed by atoms with Gasteiger partial charge in [-0.3, -0.25) is 5.84 Å². The summed E-state index contributed by atoms with van der Waals surface area (Å²) in [6.07, 6.45) is 0. The fraction of sp³-hybridized carbons (Fsp3) is 0.200. The van der Waals surface area contributed by atoms with Crippen LogP contribution in [0.15, 0.2) is 36.4 Å². The molecule has 1 atom stereocenters. The normalized spacial score (nSPS) is 12.2. The smallest absolute Gasteiger partial charge is 0.164 e. The first kappa shape index (κ1) is 15.7. The molecule has 0 fully saturated rings. The molecular weight excluding hydrogens is 298 g/mol. The number of ether oxygens (including phenoxy) is 1. The van der Waals surface area contributed by atoms with Crippen molar-refractivity contribution >= 4 is 11.6 Å². The number of benzene rings is 2. The fourth-order valence-electron chi connectivity index (χ4n) is 1.89. The van der Waals surface area contributed by atoms with Crippen molar-refractivity contribution in [2.24, 2.45) is 5.84 Å². The van der Waals surface area contributed by atoms with Crippen molar-refractivity contribution in [1.82, 2.24) is 5.43 Å². The molecule has 2 aromatic carbocycles. The third-order valence-corrected chi connectivity index (χ3v) is 3.33. The lowest BCUT2D eigenvalue weighted by Gasteiger charge is -2.18. The van der Waals surface area contributed by atoms with E-state index < -0.39 is 17.7 Å². The SMILES string of the molecule is Cc1ccc(C(COc2cccc(Cl)c2)NN)c(F)c1F. The minimum atomic E-state index is -0.923. The molecule has 0 aliphatic carbocycles. The van der Waals surface area contributed by atoms with Gasteiger partial charge in [0.15, 0.2) is 11.6 Å². The standard InChI is InChI=1S/C15H15ClF2N2O/c1-9-5-6-12(15(18)14(9)17)13(20-19)8-21-11-4-2-3-10(16)7-11/h2-7,13,20H,8,19H2,1H3. The van der Waals surface area contributed by atoms with Crippen LogP contribution in [0.5, 0.6) is 5.75 Å². The molecule has 0 spiro atoms. The van der Waals surface area contributed by atoms with Crippen LogP contribution in [0.4, 0.5) is 8.78 Å². The lowest BCUT2D eigenvalue weighted by Crippen LogP contribution is -2.33. The molecular formula is C15H15ClF2N2O. The van der Waals surface area contributed by atoms with Crippen LogP contribution >= 0.6 is 11.6 Å². The van der Waals surface area contributed by atoms with E-state index in [9.17, 15) is 8.78 Å². The molecule has 2 rings (SSSR count). The molecule has 0 aliphatic rings. The number of hydrazine groups is 1. The van der Waals surface area contributed by atoms with E-state index >= 15 is 0 Å². The zero-order chi connectivity index (χ0) is 15.4. The summed E-state index contributed by atoms with van der Waals surface area (Å²) in [5.74, 6) is 4.13. The largest absolute Gasteiger partial charge is 0.491 e. The Hall–Kier alpha value is -1.69. The Morgan fingerprint density at radius 3 is 2.67 bits per heavy atom. The Morgan fingerprint density at radius 2 is 2.00 bits per heavy atom. The Balaban J connectivity index is 2.15. The third kappa shape index (κ3) is 3.69. The van der Waals surface area contributed by atoms with Crippen LogP contribution in [-0.4, -0.2) is 6.61 Å².